The van der Waals surface area contributed by atoms with Crippen molar-refractivity contribution in [2.24, 2.45) is 7.05 Å². The van der Waals surface area contributed by atoms with Gasteiger partial charge < -0.3 is 15.0 Å². The van der Waals surface area contributed by atoms with Gasteiger partial charge in [0, 0.05) is 56.4 Å². The lowest BCUT2D eigenvalue weighted by molar-refractivity contribution is 0.0273. The molecule has 2 aliphatic heterocycles. The Morgan fingerprint density at radius 1 is 1.11 bits per heavy atom. The second kappa shape index (κ2) is 10.0. The van der Waals surface area contributed by atoms with Gasteiger partial charge >= 0.3 is 0 Å². The highest BCUT2D eigenvalue weighted by atomic mass is 35.5. The number of nitrogens with zero attached hydrogens (tertiary/aromatic N) is 10. The zero-order valence-corrected chi connectivity index (χ0v) is 20.1. The van der Waals surface area contributed by atoms with Crippen LogP contribution in [0.2, 0.25) is 0 Å². The van der Waals surface area contributed by atoms with E-state index in [-0.39, 0.29) is 18.5 Å². The topological polar surface area (TPSA) is 125 Å². The fourth-order valence-electron chi connectivity index (χ4n) is 4.31. The second-order valence-corrected chi connectivity index (χ2v) is 8.47. The Balaban J connectivity index is 0.00000253. The summed E-state index contributed by atoms with van der Waals surface area (Å²) in [6.45, 7) is 4.38. The number of hydrogen-bond donors (Lipinski definition) is 1. The third-order valence-electron chi connectivity index (χ3n) is 6.10. The van der Waals surface area contributed by atoms with Crippen LogP contribution in [-0.2, 0) is 18.3 Å². The van der Waals surface area contributed by atoms with E-state index in [0.717, 1.165) is 42.9 Å². The highest BCUT2D eigenvalue weighted by Crippen LogP contribution is 2.21. The molecule has 0 amide bonds. The predicted molar refractivity (Wildman–Crippen MR) is 132 cm³/mol. The molecule has 0 radical (unpaired) electrons. The van der Waals surface area contributed by atoms with E-state index in [0.29, 0.717) is 36.9 Å². The third-order valence-corrected chi connectivity index (χ3v) is 6.10. The number of aryl methyl sites for hydroxylation is 1. The van der Waals surface area contributed by atoms with Crippen LogP contribution in [0.5, 0.6) is 0 Å². The van der Waals surface area contributed by atoms with E-state index >= 15 is 0 Å². The van der Waals surface area contributed by atoms with Crippen LogP contribution in [0, 0.1) is 0 Å². The minimum Gasteiger partial charge on any atom is -0.373 e. The van der Waals surface area contributed by atoms with E-state index in [1.807, 2.05) is 25.6 Å². The fourth-order valence-corrected chi connectivity index (χ4v) is 4.31. The van der Waals surface area contributed by atoms with Crippen LogP contribution >= 0.6 is 12.4 Å². The predicted octanol–water partition coefficient (Wildman–Crippen LogP) is 1.12. The molecule has 0 aromatic carbocycles. The number of rotatable bonds is 5. The van der Waals surface area contributed by atoms with Crippen molar-refractivity contribution < 1.29 is 4.74 Å². The molecular formula is C22H26ClN11O. The van der Waals surface area contributed by atoms with Crippen molar-refractivity contribution in [3.8, 4) is 11.3 Å². The van der Waals surface area contributed by atoms with Crippen LogP contribution < -0.4 is 10.2 Å². The van der Waals surface area contributed by atoms with Crippen molar-refractivity contribution in [2.75, 3.05) is 37.7 Å². The van der Waals surface area contributed by atoms with E-state index < -0.39 is 0 Å². The molecule has 6 rings (SSSR count). The highest BCUT2D eigenvalue weighted by molar-refractivity contribution is 5.85. The van der Waals surface area contributed by atoms with E-state index in [1.54, 1.807) is 21.8 Å². The summed E-state index contributed by atoms with van der Waals surface area (Å²) in [6, 6.07) is 0. The highest BCUT2D eigenvalue weighted by Gasteiger charge is 2.24. The number of fused-ring (bicyclic) bond motifs is 1. The van der Waals surface area contributed by atoms with Gasteiger partial charge in [-0.2, -0.15) is 5.10 Å². The van der Waals surface area contributed by atoms with Gasteiger partial charge in [-0.15, -0.1) is 17.5 Å². The number of nitrogens with one attached hydrogen (secondary N) is 1. The van der Waals surface area contributed by atoms with Crippen molar-refractivity contribution in [1.82, 2.24) is 50.0 Å². The molecule has 1 fully saturated rings. The monoisotopic (exact) mass is 495 g/mol. The zero-order valence-electron chi connectivity index (χ0n) is 19.3. The summed E-state index contributed by atoms with van der Waals surface area (Å²) >= 11 is 0. The minimum absolute atomic E-state index is 0. The Morgan fingerprint density at radius 3 is 2.77 bits per heavy atom. The van der Waals surface area contributed by atoms with Crippen molar-refractivity contribution in [3.63, 3.8) is 0 Å². The van der Waals surface area contributed by atoms with Gasteiger partial charge in [0.15, 0.2) is 5.65 Å². The van der Waals surface area contributed by atoms with Crippen molar-refractivity contribution in [2.45, 2.75) is 19.1 Å². The number of aromatic nitrogens is 9. The van der Waals surface area contributed by atoms with Gasteiger partial charge in [-0.3, -0.25) is 4.68 Å². The Bertz CT molecular complexity index is 1330. The number of anilines is 1. The molecule has 35 heavy (non-hydrogen) atoms. The summed E-state index contributed by atoms with van der Waals surface area (Å²) in [7, 11) is 1.87. The average Bonchev–Trinajstić information content (AvgIpc) is 3.51. The Morgan fingerprint density at radius 2 is 2.00 bits per heavy atom. The van der Waals surface area contributed by atoms with Gasteiger partial charge in [-0.1, -0.05) is 11.3 Å². The first-order chi connectivity index (χ1) is 16.7. The van der Waals surface area contributed by atoms with Crippen LogP contribution in [0.4, 0.5) is 5.95 Å². The molecule has 0 spiro atoms. The molecule has 1 saturated heterocycles. The van der Waals surface area contributed by atoms with Crippen molar-refractivity contribution >= 4 is 35.2 Å². The summed E-state index contributed by atoms with van der Waals surface area (Å²) in [4.78, 5) is 20.6. The van der Waals surface area contributed by atoms with Crippen molar-refractivity contribution in [1.29, 1.82) is 0 Å². The Kier molecular flexibility index (Phi) is 6.66. The van der Waals surface area contributed by atoms with Crippen molar-refractivity contribution in [3.05, 3.63) is 42.6 Å². The number of hydrogen-bond acceptors (Lipinski definition) is 10. The molecule has 0 bridgehead atoms. The molecular weight excluding hydrogens is 470 g/mol. The maximum atomic E-state index is 6.03. The van der Waals surface area contributed by atoms with E-state index in [9.17, 15) is 0 Å². The molecule has 0 saturated carbocycles. The van der Waals surface area contributed by atoms with Gasteiger partial charge in [0.2, 0.25) is 11.6 Å². The minimum atomic E-state index is -0.0992. The lowest BCUT2D eigenvalue weighted by atomic mass is 10.0. The van der Waals surface area contributed by atoms with Gasteiger partial charge in [0.25, 0.3) is 0 Å². The van der Waals surface area contributed by atoms with E-state index in [1.165, 1.54) is 5.57 Å². The fraction of sp³-hybridized carbons (Fsp3) is 0.409. The molecule has 4 aromatic heterocycles. The molecule has 1 atom stereocenters. The summed E-state index contributed by atoms with van der Waals surface area (Å²) in [5, 5.41) is 16.0. The lowest BCUT2D eigenvalue weighted by Crippen LogP contribution is -2.45. The van der Waals surface area contributed by atoms with E-state index in [4.69, 9.17) is 9.72 Å². The average molecular weight is 496 g/mol. The first kappa shape index (κ1) is 23.3. The maximum absolute atomic E-state index is 6.03. The van der Waals surface area contributed by atoms with Crippen LogP contribution in [0.25, 0.3) is 28.1 Å². The molecule has 0 aliphatic carbocycles. The van der Waals surface area contributed by atoms with Crippen LogP contribution in [0.3, 0.4) is 0 Å². The van der Waals surface area contributed by atoms with Crippen LogP contribution in [0.1, 0.15) is 12.0 Å². The quantitative estimate of drug-likeness (QED) is 0.430. The maximum Gasteiger partial charge on any atom is 0.225 e. The number of ether oxygens (including phenoxy) is 1. The van der Waals surface area contributed by atoms with Crippen LogP contribution in [-0.4, -0.2) is 83.6 Å². The molecule has 1 N–H and O–H groups in total. The molecule has 4 aromatic rings. The third kappa shape index (κ3) is 4.85. The molecule has 12 nitrogen and oxygen atoms in total. The first-order valence-corrected chi connectivity index (χ1v) is 11.4. The number of halogens is 1. The molecule has 6 heterocycles. The summed E-state index contributed by atoms with van der Waals surface area (Å²) in [6.07, 6.45) is 12.3. The molecule has 1 unspecified atom stereocenters. The lowest BCUT2D eigenvalue weighted by Gasteiger charge is -2.32. The summed E-state index contributed by atoms with van der Waals surface area (Å²) in [5.74, 6) is 0.716. The first-order valence-electron chi connectivity index (χ1n) is 11.4. The largest absolute Gasteiger partial charge is 0.373 e. The summed E-state index contributed by atoms with van der Waals surface area (Å²) < 4.78 is 9.51. The normalized spacial score (nSPS) is 18.4. The van der Waals surface area contributed by atoms with Gasteiger partial charge in [0.1, 0.15) is 0 Å². The Labute approximate surface area is 207 Å². The molecule has 182 valence electrons. The Hall–Kier alpha value is -3.48. The zero-order chi connectivity index (χ0) is 22.9. The van der Waals surface area contributed by atoms with Gasteiger partial charge in [-0.05, 0) is 18.5 Å². The number of morpholine rings is 1. The molecule has 2 aliphatic rings. The SMILES string of the molecule is Cl.Cn1cc(-c2cnc3nnn(CC4CN(c5ncc(C6=CCNCC6)cn5)CCO4)c3n2)cn1. The van der Waals surface area contributed by atoms with Gasteiger partial charge in [0.05, 0.1) is 37.3 Å². The molecule has 13 heteroatoms. The second-order valence-electron chi connectivity index (χ2n) is 8.47. The van der Waals surface area contributed by atoms with Crippen LogP contribution in [0.15, 0.2) is 37.1 Å². The van der Waals surface area contributed by atoms with Gasteiger partial charge in [-0.25, -0.2) is 24.6 Å². The van der Waals surface area contributed by atoms with E-state index in [2.05, 4.69) is 46.7 Å². The summed E-state index contributed by atoms with van der Waals surface area (Å²) in [5.41, 5.74) is 5.14. The smallest absolute Gasteiger partial charge is 0.225 e. The standard InChI is InChI=1S/C22H25N11O.ClH/c1-31-12-17(10-27-31)19-11-24-20-21(28-19)33(30-29-20)14-18-13-32(6-7-34-18)22-25-8-16(9-26-22)15-2-4-23-5-3-15;/h2,8-12,18,23H,3-7,13-14H2,1H3;1H.